The van der Waals surface area contributed by atoms with Crippen LogP contribution in [0.2, 0.25) is 0 Å². The largest absolute Gasteiger partial charge is 0.369 e. The summed E-state index contributed by atoms with van der Waals surface area (Å²) >= 11 is 0. The highest BCUT2D eigenvalue weighted by Gasteiger charge is 2.07. The molecule has 2 rings (SSSR count). The van der Waals surface area contributed by atoms with Crippen LogP contribution in [0.25, 0.3) is 0 Å². The zero-order chi connectivity index (χ0) is 16.5. The van der Waals surface area contributed by atoms with Crippen LogP contribution >= 0.6 is 0 Å². The highest BCUT2D eigenvalue weighted by atomic mass is 16.5. The fourth-order valence-corrected chi connectivity index (χ4v) is 1.79. The van der Waals surface area contributed by atoms with Crippen LogP contribution in [0.3, 0.4) is 0 Å². The van der Waals surface area contributed by atoms with E-state index in [9.17, 15) is 0 Å². The Morgan fingerprint density at radius 3 is 2.96 bits per heavy atom. The third-order valence-electron chi connectivity index (χ3n) is 2.92. The van der Waals surface area contributed by atoms with Gasteiger partial charge in [0.2, 0.25) is 11.8 Å². The predicted molar refractivity (Wildman–Crippen MR) is 90.5 cm³/mol. The Labute approximate surface area is 136 Å². The van der Waals surface area contributed by atoms with Crippen LogP contribution in [0, 0.1) is 18.8 Å². The van der Waals surface area contributed by atoms with Crippen LogP contribution in [0.15, 0.2) is 16.8 Å². The Kier molecular flexibility index (Phi) is 6.39. The number of rotatable bonds is 7. The molecule has 0 atom stereocenters. The molecule has 0 aliphatic heterocycles. The molecule has 2 heterocycles. The van der Waals surface area contributed by atoms with Crippen LogP contribution in [-0.2, 0) is 0 Å². The van der Waals surface area contributed by atoms with E-state index < -0.39 is 0 Å². The Morgan fingerprint density at radius 1 is 1.39 bits per heavy atom. The van der Waals surface area contributed by atoms with E-state index in [1.165, 1.54) is 0 Å². The van der Waals surface area contributed by atoms with Gasteiger partial charge in [-0.05, 0) is 26.3 Å². The molecule has 122 valence electrons. The summed E-state index contributed by atoms with van der Waals surface area (Å²) < 4.78 is 5.11. The quantitative estimate of drug-likeness (QED) is 0.533. The van der Waals surface area contributed by atoms with E-state index in [4.69, 9.17) is 10.3 Å². The van der Waals surface area contributed by atoms with Crippen molar-refractivity contribution in [3.63, 3.8) is 0 Å². The molecular formula is C16H22N6O. The van der Waals surface area contributed by atoms with Gasteiger partial charge in [0.15, 0.2) is 0 Å². The van der Waals surface area contributed by atoms with E-state index in [0.29, 0.717) is 24.2 Å². The average molecular weight is 314 g/mol. The van der Waals surface area contributed by atoms with Crippen LogP contribution < -0.4 is 16.4 Å². The van der Waals surface area contributed by atoms with Gasteiger partial charge in [-0.15, -0.1) is 0 Å². The molecule has 0 radical (unpaired) electrons. The smallest absolute Gasteiger partial charge is 0.231 e. The van der Waals surface area contributed by atoms with Crippen molar-refractivity contribution in [2.45, 2.75) is 33.1 Å². The number of nitrogens with one attached hydrogen (secondary N) is 2. The summed E-state index contributed by atoms with van der Waals surface area (Å²) in [6, 6.07) is 1.78. The van der Waals surface area contributed by atoms with Crippen molar-refractivity contribution in [1.29, 1.82) is 0 Å². The number of unbranched alkanes of at least 4 members (excludes halogenated alkanes) is 1. The SMILES string of the molecule is CCCNc1nc(Nc2cc(C)no2)ncc1C#CCCCN. The summed E-state index contributed by atoms with van der Waals surface area (Å²) in [4.78, 5) is 8.74. The lowest BCUT2D eigenvalue weighted by Crippen LogP contribution is -2.07. The molecule has 7 heteroatoms. The zero-order valence-corrected chi connectivity index (χ0v) is 13.5. The Morgan fingerprint density at radius 2 is 2.26 bits per heavy atom. The Hall–Kier alpha value is -2.59. The molecule has 0 unspecified atom stereocenters. The minimum atomic E-state index is 0.437. The summed E-state index contributed by atoms with van der Waals surface area (Å²) in [7, 11) is 0. The van der Waals surface area contributed by atoms with Gasteiger partial charge in [0, 0.05) is 19.0 Å². The fourth-order valence-electron chi connectivity index (χ4n) is 1.79. The molecule has 0 amide bonds. The van der Waals surface area contributed by atoms with Crippen molar-refractivity contribution in [1.82, 2.24) is 15.1 Å². The maximum absolute atomic E-state index is 5.47. The molecule has 0 aromatic carbocycles. The number of anilines is 3. The highest BCUT2D eigenvalue weighted by Crippen LogP contribution is 2.17. The van der Waals surface area contributed by atoms with Gasteiger partial charge in [0.1, 0.15) is 5.82 Å². The molecule has 2 aromatic rings. The minimum absolute atomic E-state index is 0.437. The Balaban J connectivity index is 2.16. The van der Waals surface area contributed by atoms with Gasteiger partial charge >= 0.3 is 0 Å². The van der Waals surface area contributed by atoms with Gasteiger partial charge in [0.05, 0.1) is 17.5 Å². The van der Waals surface area contributed by atoms with Crippen molar-refractivity contribution in [3.8, 4) is 11.8 Å². The van der Waals surface area contributed by atoms with Crippen LogP contribution in [0.5, 0.6) is 0 Å². The molecule has 0 aliphatic rings. The first kappa shape index (κ1) is 16.8. The molecule has 0 saturated carbocycles. The minimum Gasteiger partial charge on any atom is -0.369 e. The number of hydrogen-bond donors (Lipinski definition) is 3. The third kappa shape index (κ3) is 5.27. The second kappa shape index (κ2) is 8.76. The maximum Gasteiger partial charge on any atom is 0.231 e. The first-order chi connectivity index (χ1) is 11.2. The topological polar surface area (TPSA) is 102 Å². The highest BCUT2D eigenvalue weighted by molar-refractivity contribution is 5.57. The van der Waals surface area contributed by atoms with E-state index in [1.54, 1.807) is 12.3 Å². The zero-order valence-electron chi connectivity index (χ0n) is 13.5. The van der Waals surface area contributed by atoms with Gasteiger partial charge < -0.3 is 15.6 Å². The second-order valence-corrected chi connectivity index (χ2v) is 5.03. The summed E-state index contributed by atoms with van der Waals surface area (Å²) in [6.45, 7) is 5.40. The van der Waals surface area contributed by atoms with Crippen LogP contribution in [-0.4, -0.2) is 28.2 Å². The van der Waals surface area contributed by atoms with E-state index in [-0.39, 0.29) is 0 Å². The Bertz CT molecular complexity index is 685. The molecule has 0 saturated heterocycles. The standard InChI is InChI=1S/C16H22N6O/c1-3-9-18-15-13(7-5-4-6-8-17)11-19-16(21-15)20-14-10-12(2)22-23-14/h10-11H,3-4,6,8-9,17H2,1-2H3,(H2,18,19,20,21). The first-order valence-electron chi connectivity index (χ1n) is 7.73. The number of aromatic nitrogens is 3. The molecule has 0 fully saturated rings. The lowest BCUT2D eigenvalue weighted by Gasteiger charge is -2.08. The summed E-state index contributed by atoms with van der Waals surface area (Å²) in [5, 5.41) is 10.1. The molecule has 0 aliphatic carbocycles. The van der Waals surface area contributed by atoms with Crippen LogP contribution in [0.1, 0.15) is 37.4 Å². The monoisotopic (exact) mass is 314 g/mol. The van der Waals surface area contributed by atoms with E-state index in [1.807, 2.05) is 6.92 Å². The molecule has 4 N–H and O–H groups in total. The first-order valence-corrected chi connectivity index (χ1v) is 7.73. The van der Waals surface area contributed by atoms with Crippen molar-refractivity contribution < 1.29 is 4.52 Å². The van der Waals surface area contributed by atoms with Gasteiger partial charge in [0.25, 0.3) is 0 Å². The van der Waals surface area contributed by atoms with Gasteiger partial charge in [-0.2, -0.15) is 4.98 Å². The summed E-state index contributed by atoms with van der Waals surface area (Å²) in [5.41, 5.74) is 7.04. The van der Waals surface area contributed by atoms with Crippen LogP contribution in [0.4, 0.5) is 17.7 Å². The van der Waals surface area contributed by atoms with Crippen molar-refractivity contribution in [3.05, 3.63) is 23.5 Å². The van der Waals surface area contributed by atoms with Gasteiger partial charge in [-0.25, -0.2) is 4.98 Å². The normalized spacial score (nSPS) is 10.0. The molecule has 2 aromatic heterocycles. The lowest BCUT2D eigenvalue weighted by atomic mass is 10.2. The van der Waals surface area contributed by atoms with Gasteiger partial charge in [-0.3, -0.25) is 5.32 Å². The van der Waals surface area contributed by atoms with E-state index in [2.05, 4.69) is 44.5 Å². The molecule has 0 spiro atoms. The van der Waals surface area contributed by atoms with Crippen molar-refractivity contribution in [2.75, 3.05) is 23.7 Å². The predicted octanol–water partition coefficient (Wildman–Crippen LogP) is 2.43. The van der Waals surface area contributed by atoms with E-state index >= 15 is 0 Å². The summed E-state index contributed by atoms with van der Waals surface area (Å²) in [5.74, 6) is 7.84. The lowest BCUT2D eigenvalue weighted by molar-refractivity contribution is 0.429. The molecular weight excluding hydrogens is 292 g/mol. The second-order valence-electron chi connectivity index (χ2n) is 5.03. The van der Waals surface area contributed by atoms with Crippen molar-refractivity contribution in [2.24, 2.45) is 5.73 Å². The average Bonchev–Trinajstić information content (AvgIpc) is 2.96. The summed E-state index contributed by atoms with van der Waals surface area (Å²) in [6.07, 6.45) is 4.34. The fraction of sp³-hybridized carbons (Fsp3) is 0.438. The molecule has 0 bridgehead atoms. The molecule has 23 heavy (non-hydrogen) atoms. The van der Waals surface area contributed by atoms with Gasteiger partial charge in [-0.1, -0.05) is 23.9 Å². The third-order valence-corrected chi connectivity index (χ3v) is 2.92. The van der Waals surface area contributed by atoms with E-state index in [0.717, 1.165) is 37.1 Å². The molecule has 7 nitrogen and oxygen atoms in total. The number of nitrogens with zero attached hydrogens (tertiary/aromatic N) is 3. The number of hydrogen-bond acceptors (Lipinski definition) is 7. The maximum atomic E-state index is 5.47. The van der Waals surface area contributed by atoms with Crippen molar-refractivity contribution >= 4 is 17.7 Å². The number of aryl methyl sites for hydroxylation is 1. The number of nitrogens with two attached hydrogens (primary N) is 1.